The van der Waals surface area contributed by atoms with Crippen molar-refractivity contribution in [2.24, 2.45) is 5.92 Å². The van der Waals surface area contributed by atoms with E-state index in [2.05, 4.69) is 9.97 Å². The lowest BCUT2D eigenvalue weighted by Gasteiger charge is -2.22. The van der Waals surface area contributed by atoms with Gasteiger partial charge in [0.15, 0.2) is 5.78 Å². The zero-order chi connectivity index (χ0) is 24.8. The number of fused-ring (bicyclic) bond motifs is 3. The molecule has 0 spiro atoms. The number of rotatable bonds is 6. The molecule has 2 aromatic heterocycles. The van der Waals surface area contributed by atoms with Gasteiger partial charge in [-0.1, -0.05) is 18.2 Å². The van der Waals surface area contributed by atoms with Crippen LogP contribution in [0.3, 0.4) is 0 Å². The minimum absolute atomic E-state index is 0.0816. The predicted octanol–water partition coefficient (Wildman–Crippen LogP) is 2.55. The van der Waals surface area contributed by atoms with Crippen molar-refractivity contribution >= 4 is 34.6 Å². The predicted molar refractivity (Wildman–Crippen MR) is 122 cm³/mol. The number of ketones is 1. The second-order valence-corrected chi connectivity index (χ2v) is 7.79. The van der Waals surface area contributed by atoms with Gasteiger partial charge in [0.25, 0.3) is 0 Å². The van der Waals surface area contributed by atoms with Crippen molar-refractivity contribution in [3.63, 3.8) is 0 Å². The number of Topliss-reactive ketones (excluding diaryl/α,β-unsaturated/α-hetero) is 1. The summed E-state index contributed by atoms with van der Waals surface area (Å²) in [7, 11) is 1.38. The molecule has 4 rings (SSSR count). The van der Waals surface area contributed by atoms with E-state index in [1.54, 1.807) is 6.33 Å². The standard InChI is InChI=1S/C20H21N3O3.C4H4O4/c1-12-15(22-11-21-12)9-13-7-8-17-19(20(13)25)14-5-3-4-6-16(14)23(17)10-18(24)26-2;5-3(6)1-2-4(7)8/h3-6,11,13H,7-10H2,1-2H3,(H,21,22);1-2H,(H,5,6)(H,7,8)/b;2-1-. The maximum absolute atomic E-state index is 13.3. The number of aryl methyl sites for hydroxylation is 1. The number of carbonyl (C=O) groups is 4. The Hall–Kier alpha value is -4.21. The molecule has 0 saturated carbocycles. The average molecular weight is 467 g/mol. The third kappa shape index (κ3) is 5.40. The quantitative estimate of drug-likeness (QED) is 0.369. The molecule has 178 valence electrons. The fourth-order valence-corrected chi connectivity index (χ4v) is 4.08. The number of H-pyrrole nitrogens is 1. The van der Waals surface area contributed by atoms with Crippen molar-refractivity contribution in [3.8, 4) is 0 Å². The number of aromatic nitrogens is 3. The SMILES string of the molecule is COC(=O)Cn1c2c(c3ccccc31)C(=O)C(Cc1nc[nH]c1C)CC2.O=C(O)/C=C\C(=O)O. The van der Waals surface area contributed by atoms with E-state index in [1.807, 2.05) is 35.8 Å². The number of hydrogen-bond donors (Lipinski definition) is 3. The number of methoxy groups -OCH3 is 1. The number of imidazole rings is 1. The normalized spacial score (nSPS) is 15.0. The van der Waals surface area contributed by atoms with Crippen LogP contribution < -0.4 is 0 Å². The highest BCUT2D eigenvalue weighted by Crippen LogP contribution is 2.35. The van der Waals surface area contributed by atoms with E-state index in [0.717, 1.165) is 46.4 Å². The van der Waals surface area contributed by atoms with Crippen molar-refractivity contribution in [2.75, 3.05) is 7.11 Å². The monoisotopic (exact) mass is 467 g/mol. The summed E-state index contributed by atoms with van der Waals surface area (Å²) in [5, 5.41) is 16.5. The highest BCUT2D eigenvalue weighted by molar-refractivity contribution is 6.11. The summed E-state index contributed by atoms with van der Waals surface area (Å²) < 4.78 is 6.77. The number of benzene rings is 1. The highest BCUT2D eigenvalue weighted by atomic mass is 16.5. The second-order valence-electron chi connectivity index (χ2n) is 7.79. The van der Waals surface area contributed by atoms with Gasteiger partial charge in [-0.3, -0.25) is 9.59 Å². The van der Waals surface area contributed by atoms with Crippen LogP contribution in [-0.4, -0.2) is 55.5 Å². The fourth-order valence-electron chi connectivity index (χ4n) is 4.08. The average Bonchev–Trinajstić information content (AvgIpc) is 3.36. The summed E-state index contributed by atoms with van der Waals surface area (Å²) in [5.74, 6) is -2.76. The van der Waals surface area contributed by atoms with Crippen LogP contribution in [-0.2, 0) is 38.5 Å². The first-order chi connectivity index (χ1) is 16.2. The molecule has 0 radical (unpaired) electrons. The molecular weight excluding hydrogens is 442 g/mol. The van der Waals surface area contributed by atoms with Gasteiger partial charge >= 0.3 is 17.9 Å². The lowest BCUT2D eigenvalue weighted by Crippen LogP contribution is -2.26. The lowest BCUT2D eigenvalue weighted by molar-refractivity contribution is -0.141. The number of nitrogens with zero attached hydrogens (tertiary/aromatic N) is 2. The summed E-state index contributed by atoms with van der Waals surface area (Å²) in [6.07, 6.45) is 4.96. The van der Waals surface area contributed by atoms with Crippen molar-refractivity contribution in [2.45, 2.75) is 32.7 Å². The number of esters is 1. The van der Waals surface area contributed by atoms with Crippen LogP contribution in [0.15, 0.2) is 42.7 Å². The van der Waals surface area contributed by atoms with Crippen LogP contribution in [0.4, 0.5) is 0 Å². The maximum Gasteiger partial charge on any atom is 0.328 e. The molecule has 2 heterocycles. The number of nitrogens with one attached hydrogen (secondary N) is 1. The van der Waals surface area contributed by atoms with Crippen LogP contribution in [0.5, 0.6) is 0 Å². The number of carboxylic acids is 2. The Morgan fingerprint density at radius 3 is 2.47 bits per heavy atom. The number of para-hydroxylation sites is 1. The van der Waals surface area contributed by atoms with E-state index in [4.69, 9.17) is 14.9 Å². The van der Waals surface area contributed by atoms with E-state index in [9.17, 15) is 19.2 Å². The van der Waals surface area contributed by atoms with Crippen molar-refractivity contribution in [1.29, 1.82) is 0 Å². The van der Waals surface area contributed by atoms with Crippen LogP contribution in [0.25, 0.3) is 10.9 Å². The van der Waals surface area contributed by atoms with Gasteiger partial charge in [-0.15, -0.1) is 0 Å². The van der Waals surface area contributed by atoms with E-state index in [-0.39, 0.29) is 24.2 Å². The topological polar surface area (TPSA) is 152 Å². The third-order valence-corrected chi connectivity index (χ3v) is 5.68. The lowest BCUT2D eigenvalue weighted by atomic mass is 9.82. The smallest absolute Gasteiger partial charge is 0.328 e. The summed E-state index contributed by atoms with van der Waals surface area (Å²) in [6, 6.07) is 7.77. The highest BCUT2D eigenvalue weighted by Gasteiger charge is 2.33. The molecule has 1 unspecified atom stereocenters. The molecule has 0 aliphatic heterocycles. The molecule has 1 aromatic carbocycles. The summed E-state index contributed by atoms with van der Waals surface area (Å²) in [5.41, 5.74) is 4.57. The van der Waals surface area contributed by atoms with Gasteiger partial charge in [-0.05, 0) is 25.8 Å². The fraction of sp³-hybridized carbons (Fsp3) is 0.292. The number of carboxylic acid groups (broad SMARTS) is 2. The molecule has 34 heavy (non-hydrogen) atoms. The second kappa shape index (κ2) is 10.6. The molecular formula is C24H25N3O7. The van der Waals surface area contributed by atoms with Crippen LogP contribution in [0.2, 0.25) is 0 Å². The van der Waals surface area contributed by atoms with Gasteiger partial charge in [0.2, 0.25) is 0 Å². The first-order valence-corrected chi connectivity index (χ1v) is 10.6. The van der Waals surface area contributed by atoms with Gasteiger partial charge in [0.1, 0.15) is 6.54 Å². The molecule has 10 nitrogen and oxygen atoms in total. The largest absolute Gasteiger partial charge is 0.478 e. The van der Waals surface area contributed by atoms with E-state index in [0.29, 0.717) is 18.6 Å². The Kier molecular flexibility index (Phi) is 7.62. The van der Waals surface area contributed by atoms with Gasteiger partial charge < -0.3 is 24.5 Å². The van der Waals surface area contributed by atoms with Gasteiger partial charge in [0, 0.05) is 52.3 Å². The first-order valence-electron chi connectivity index (χ1n) is 10.6. The van der Waals surface area contributed by atoms with Crippen molar-refractivity contribution < 1.29 is 34.1 Å². The van der Waals surface area contributed by atoms with E-state index < -0.39 is 11.9 Å². The number of carbonyl (C=O) groups excluding carboxylic acids is 2. The summed E-state index contributed by atoms with van der Waals surface area (Å²) in [6.45, 7) is 2.10. The van der Waals surface area contributed by atoms with Gasteiger partial charge in [-0.2, -0.15) is 0 Å². The Labute approximate surface area is 194 Å². The summed E-state index contributed by atoms with van der Waals surface area (Å²) >= 11 is 0. The van der Waals surface area contributed by atoms with Crippen molar-refractivity contribution in [1.82, 2.24) is 14.5 Å². The minimum Gasteiger partial charge on any atom is -0.478 e. The Morgan fingerprint density at radius 1 is 1.21 bits per heavy atom. The molecule has 1 aliphatic rings. The minimum atomic E-state index is -1.26. The van der Waals surface area contributed by atoms with Gasteiger partial charge in [0.05, 0.1) is 19.1 Å². The zero-order valence-electron chi connectivity index (χ0n) is 18.8. The number of ether oxygens (including phenoxy) is 1. The Morgan fingerprint density at radius 2 is 1.88 bits per heavy atom. The van der Waals surface area contributed by atoms with Crippen LogP contribution >= 0.6 is 0 Å². The molecule has 1 aliphatic carbocycles. The molecule has 10 heteroatoms. The molecule has 0 fully saturated rings. The Bertz CT molecular complexity index is 1250. The number of aliphatic carboxylic acids is 2. The molecule has 3 N–H and O–H groups in total. The molecule has 0 bridgehead atoms. The maximum atomic E-state index is 13.3. The van der Waals surface area contributed by atoms with Crippen LogP contribution in [0, 0.1) is 12.8 Å². The third-order valence-electron chi connectivity index (χ3n) is 5.68. The van der Waals surface area contributed by atoms with Gasteiger partial charge in [-0.25, -0.2) is 14.6 Å². The van der Waals surface area contributed by atoms with Crippen molar-refractivity contribution in [3.05, 3.63) is 65.4 Å². The zero-order valence-corrected chi connectivity index (χ0v) is 18.8. The summed E-state index contributed by atoms with van der Waals surface area (Å²) in [4.78, 5) is 51.7. The van der Waals surface area contributed by atoms with E-state index in [1.165, 1.54) is 7.11 Å². The molecule has 1 atom stereocenters. The molecule has 0 amide bonds. The first kappa shape index (κ1) is 24.4. The van der Waals surface area contributed by atoms with Crippen LogP contribution in [0.1, 0.15) is 33.9 Å². The van der Waals surface area contributed by atoms with E-state index >= 15 is 0 Å². The number of hydrogen-bond acceptors (Lipinski definition) is 6. The number of aromatic amines is 1. The molecule has 0 saturated heterocycles. The molecule has 3 aromatic rings. The Balaban J connectivity index is 0.000000350.